The minimum atomic E-state index is -0.927. The number of benzene rings is 1. The Kier molecular flexibility index (Phi) is 7.23. The number of aromatic carboxylic acids is 1. The van der Waals surface area contributed by atoms with Crippen LogP contribution in [0.15, 0.2) is 24.3 Å². The highest BCUT2D eigenvalue weighted by Gasteiger charge is 2.11. The fourth-order valence-electron chi connectivity index (χ4n) is 2.21. The van der Waals surface area contributed by atoms with E-state index in [2.05, 4.69) is 32.6 Å². The number of carbonyl (C=O) groups is 1. The molecule has 4 nitrogen and oxygen atoms in total. The van der Waals surface area contributed by atoms with Crippen LogP contribution in [0.3, 0.4) is 0 Å². The number of hydrogen-bond donors (Lipinski definition) is 1. The van der Waals surface area contributed by atoms with Crippen molar-refractivity contribution >= 4 is 5.97 Å². The lowest BCUT2D eigenvalue weighted by atomic mass is 10.1. The zero-order valence-corrected chi connectivity index (χ0v) is 13.5. The van der Waals surface area contributed by atoms with Crippen molar-refractivity contribution in [3.8, 4) is 5.75 Å². The van der Waals surface area contributed by atoms with Crippen LogP contribution in [0.25, 0.3) is 0 Å². The van der Waals surface area contributed by atoms with Crippen LogP contribution in [-0.2, 0) is 0 Å². The van der Waals surface area contributed by atoms with Crippen molar-refractivity contribution in [2.75, 3.05) is 19.7 Å². The summed E-state index contributed by atoms with van der Waals surface area (Å²) in [5.41, 5.74) is 0.260. The van der Waals surface area contributed by atoms with Gasteiger partial charge in [-0.1, -0.05) is 19.9 Å². The molecular formula is C17H27NO3. The molecule has 1 aromatic carbocycles. The molecule has 0 aliphatic heterocycles. The predicted molar refractivity (Wildman–Crippen MR) is 85.1 cm³/mol. The molecule has 0 aromatic heterocycles. The number of hydrogen-bond acceptors (Lipinski definition) is 3. The summed E-state index contributed by atoms with van der Waals surface area (Å²) in [5, 5.41) is 8.94. The summed E-state index contributed by atoms with van der Waals surface area (Å²) < 4.78 is 5.64. The molecule has 0 atom stereocenters. The van der Waals surface area contributed by atoms with Gasteiger partial charge in [0, 0.05) is 19.1 Å². The van der Waals surface area contributed by atoms with Crippen molar-refractivity contribution in [1.29, 1.82) is 0 Å². The maximum atomic E-state index is 10.9. The monoisotopic (exact) mass is 293 g/mol. The van der Waals surface area contributed by atoms with E-state index in [0.717, 1.165) is 19.5 Å². The van der Waals surface area contributed by atoms with Crippen LogP contribution in [0, 0.1) is 5.92 Å². The standard InChI is InChI=1S/C17H27NO3/c1-13(2)12-18(14(3)4)9-6-10-21-16-8-5-7-15(11-16)17(19)20/h5,7-8,11,13-14H,6,9-10,12H2,1-4H3,(H,19,20). The van der Waals surface area contributed by atoms with Gasteiger partial charge < -0.3 is 14.7 Å². The largest absolute Gasteiger partial charge is 0.494 e. The summed E-state index contributed by atoms with van der Waals surface area (Å²) >= 11 is 0. The van der Waals surface area contributed by atoms with Crippen molar-refractivity contribution in [3.05, 3.63) is 29.8 Å². The Balaban J connectivity index is 2.39. The molecule has 0 saturated carbocycles. The van der Waals surface area contributed by atoms with Gasteiger partial charge in [0.05, 0.1) is 12.2 Å². The molecule has 0 amide bonds. The molecule has 0 aliphatic rings. The summed E-state index contributed by atoms with van der Waals surface area (Å²) in [5.74, 6) is 0.346. The molecule has 1 N–H and O–H groups in total. The van der Waals surface area contributed by atoms with E-state index in [-0.39, 0.29) is 5.56 Å². The normalized spacial score (nSPS) is 11.4. The third-order valence-electron chi connectivity index (χ3n) is 3.27. The number of rotatable bonds is 9. The second-order valence-corrected chi connectivity index (χ2v) is 6.02. The molecule has 21 heavy (non-hydrogen) atoms. The Hall–Kier alpha value is -1.55. The van der Waals surface area contributed by atoms with Crippen LogP contribution in [-0.4, -0.2) is 41.7 Å². The summed E-state index contributed by atoms with van der Waals surface area (Å²) in [6.45, 7) is 11.6. The summed E-state index contributed by atoms with van der Waals surface area (Å²) in [7, 11) is 0. The highest BCUT2D eigenvalue weighted by atomic mass is 16.5. The Bertz CT molecular complexity index is 443. The van der Waals surface area contributed by atoms with Crippen molar-refractivity contribution in [2.24, 2.45) is 5.92 Å². The van der Waals surface area contributed by atoms with E-state index in [1.54, 1.807) is 24.3 Å². The van der Waals surface area contributed by atoms with E-state index < -0.39 is 5.97 Å². The third kappa shape index (κ3) is 6.63. The average Bonchev–Trinajstić information content (AvgIpc) is 2.41. The minimum Gasteiger partial charge on any atom is -0.494 e. The first-order valence-corrected chi connectivity index (χ1v) is 7.60. The van der Waals surface area contributed by atoms with Crippen LogP contribution < -0.4 is 4.74 Å². The minimum absolute atomic E-state index is 0.260. The lowest BCUT2D eigenvalue weighted by Crippen LogP contribution is -2.35. The number of nitrogens with zero attached hydrogens (tertiary/aromatic N) is 1. The lowest BCUT2D eigenvalue weighted by Gasteiger charge is -2.28. The van der Waals surface area contributed by atoms with Crippen molar-refractivity contribution in [3.63, 3.8) is 0 Å². The molecule has 0 bridgehead atoms. The highest BCUT2D eigenvalue weighted by Crippen LogP contribution is 2.14. The average molecular weight is 293 g/mol. The molecule has 0 aliphatic carbocycles. The first-order valence-electron chi connectivity index (χ1n) is 7.60. The maximum absolute atomic E-state index is 10.9. The van der Waals surface area contributed by atoms with Gasteiger partial charge in [-0.3, -0.25) is 0 Å². The van der Waals surface area contributed by atoms with Crippen molar-refractivity contribution in [2.45, 2.75) is 40.2 Å². The van der Waals surface area contributed by atoms with Crippen LogP contribution in [0.1, 0.15) is 44.5 Å². The Morgan fingerprint density at radius 3 is 2.57 bits per heavy atom. The van der Waals surface area contributed by atoms with Crippen LogP contribution >= 0.6 is 0 Å². The number of carboxylic acids is 1. The zero-order valence-electron chi connectivity index (χ0n) is 13.5. The molecule has 0 fully saturated rings. The van der Waals surface area contributed by atoms with E-state index in [9.17, 15) is 4.79 Å². The Labute approximate surface area is 127 Å². The van der Waals surface area contributed by atoms with Gasteiger partial charge in [-0.15, -0.1) is 0 Å². The third-order valence-corrected chi connectivity index (χ3v) is 3.27. The molecule has 0 saturated heterocycles. The van der Waals surface area contributed by atoms with Crippen molar-refractivity contribution in [1.82, 2.24) is 4.90 Å². The van der Waals surface area contributed by atoms with Gasteiger partial charge in [-0.25, -0.2) is 4.79 Å². The van der Waals surface area contributed by atoms with E-state index in [4.69, 9.17) is 9.84 Å². The van der Waals surface area contributed by atoms with Gasteiger partial charge in [-0.05, 0) is 44.4 Å². The van der Waals surface area contributed by atoms with Gasteiger partial charge in [-0.2, -0.15) is 0 Å². The van der Waals surface area contributed by atoms with Crippen LogP contribution in [0.2, 0.25) is 0 Å². The van der Waals surface area contributed by atoms with E-state index in [1.165, 1.54) is 0 Å². The Morgan fingerprint density at radius 2 is 2.00 bits per heavy atom. The second-order valence-electron chi connectivity index (χ2n) is 6.02. The SMILES string of the molecule is CC(C)CN(CCCOc1cccc(C(=O)O)c1)C(C)C. The van der Waals surface area contributed by atoms with E-state index in [1.807, 2.05) is 0 Å². The number of carboxylic acid groups (broad SMARTS) is 1. The molecule has 1 aromatic rings. The molecule has 0 spiro atoms. The van der Waals surface area contributed by atoms with Crippen LogP contribution in [0.4, 0.5) is 0 Å². The van der Waals surface area contributed by atoms with Gasteiger partial charge in [0.15, 0.2) is 0 Å². The molecule has 118 valence electrons. The first kappa shape index (κ1) is 17.5. The van der Waals surface area contributed by atoms with Crippen LogP contribution in [0.5, 0.6) is 5.75 Å². The molecule has 0 radical (unpaired) electrons. The zero-order chi connectivity index (χ0) is 15.8. The topological polar surface area (TPSA) is 49.8 Å². The summed E-state index contributed by atoms with van der Waals surface area (Å²) in [6, 6.07) is 7.16. The smallest absolute Gasteiger partial charge is 0.335 e. The van der Waals surface area contributed by atoms with Gasteiger partial charge in [0.25, 0.3) is 0 Å². The quantitative estimate of drug-likeness (QED) is 0.708. The molecular weight excluding hydrogens is 266 g/mol. The maximum Gasteiger partial charge on any atom is 0.335 e. The lowest BCUT2D eigenvalue weighted by molar-refractivity contribution is 0.0696. The molecule has 1 rings (SSSR count). The fourth-order valence-corrected chi connectivity index (χ4v) is 2.21. The summed E-state index contributed by atoms with van der Waals surface area (Å²) in [6.07, 6.45) is 0.933. The van der Waals surface area contributed by atoms with Gasteiger partial charge >= 0.3 is 5.97 Å². The molecule has 4 heteroatoms. The predicted octanol–water partition coefficient (Wildman–Crippen LogP) is 3.52. The number of ether oxygens (including phenoxy) is 1. The highest BCUT2D eigenvalue weighted by molar-refractivity contribution is 5.87. The summed E-state index contributed by atoms with van der Waals surface area (Å²) in [4.78, 5) is 13.3. The second kappa shape index (κ2) is 8.67. The van der Waals surface area contributed by atoms with E-state index in [0.29, 0.717) is 24.3 Å². The van der Waals surface area contributed by atoms with E-state index >= 15 is 0 Å². The molecule has 0 unspecified atom stereocenters. The first-order chi connectivity index (χ1) is 9.90. The van der Waals surface area contributed by atoms with Gasteiger partial charge in [0.1, 0.15) is 5.75 Å². The van der Waals surface area contributed by atoms with Gasteiger partial charge in [0.2, 0.25) is 0 Å². The fraction of sp³-hybridized carbons (Fsp3) is 0.588. The van der Waals surface area contributed by atoms with Crippen molar-refractivity contribution < 1.29 is 14.6 Å². The Morgan fingerprint density at radius 1 is 1.29 bits per heavy atom. The molecule has 0 heterocycles.